The van der Waals surface area contributed by atoms with Crippen LogP contribution in [0.2, 0.25) is 0 Å². The van der Waals surface area contributed by atoms with Crippen molar-refractivity contribution in [2.45, 2.75) is 32.8 Å². The molecule has 3 aromatic carbocycles. The van der Waals surface area contributed by atoms with Gasteiger partial charge >= 0.3 is 6.09 Å². The van der Waals surface area contributed by atoms with Gasteiger partial charge in [-0.1, -0.05) is 37.3 Å². The summed E-state index contributed by atoms with van der Waals surface area (Å²) in [6, 6.07) is 20.7. The van der Waals surface area contributed by atoms with Crippen molar-refractivity contribution in [3.8, 4) is 5.75 Å². The molecule has 0 unspecified atom stereocenters. The predicted molar refractivity (Wildman–Crippen MR) is 155 cm³/mol. The van der Waals surface area contributed by atoms with Crippen LogP contribution in [0.25, 0.3) is 0 Å². The van der Waals surface area contributed by atoms with Crippen molar-refractivity contribution in [3.05, 3.63) is 96.1 Å². The first-order valence-electron chi connectivity index (χ1n) is 13.0. The first kappa shape index (κ1) is 29.9. The molecule has 5 N–H and O–H groups in total. The fourth-order valence-electron chi connectivity index (χ4n) is 3.99. The van der Waals surface area contributed by atoms with E-state index in [1.54, 1.807) is 72.8 Å². The van der Waals surface area contributed by atoms with Crippen LogP contribution in [0.1, 0.15) is 48.7 Å². The van der Waals surface area contributed by atoms with E-state index in [0.717, 1.165) is 5.56 Å². The van der Waals surface area contributed by atoms with E-state index in [1.165, 1.54) is 13.0 Å². The summed E-state index contributed by atoms with van der Waals surface area (Å²) >= 11 is 0. The van der Waals surface area contributed by atoms with Crippen molar-refractivity contribution in [2.24, 2.45) is 5.92 Å². The summed E-state index contributed by atoms with van der Waals surface area (Å²) < 4.78 is 11.4. The third kappa shape index (κ3) is 9.28. The second-order valence-electron chi connectivity index (χ2n) is 9.26. The van der Waals surface area contributed by atoms with Gasteiger partial charge in [0, 0.05) is 11.3 Å². The van der Waals surface area contributed by atoms with Crippen LogP contribution in [0.4, 0.5) is 21.9 Å². The van der Waals surface area contributed by atoms with Crippen molar-refractivity contribution in [2.75, 3.05) is 29.6 Å². The average Bonchev–Trinajstić information content (AvgIpc) is 2.94. The van der Waals surface area contributed by atoms with Crippen LogP contribution in [0, 0.1) is 5.92 Å². The number of nitrogen functional groups attached to an aromatic ring is 1. The lowest BCUT2D eigenvalue weighted by molar-refractivity contribution is -0.111. The number of aliphatic hydroxyl groups excluding tert-OH is 1. The van der Waals surface area contributed by atoms with Gasteiger partial charge in [0.1, 0.15) is 18.5 Å². The van der Waals surface area contributed by atoms with Crippen LogP contribution in [0.5, 0.6) is 5.75 Å². The van der Waals surface area contributed by atoms with Crippen molar-refractivity contribution >= 4 is 34.8 Å². The molecule has 0 bridgehead atoms. The van der Waals surface area contributed by atoms with Gasteiger partial charge in [0.2, 0.25) is 5.91 Å². The van der Waals surface area contributed by atoms with Crippen molar-refractivity contribution in [1.29, 1.82) is 0 Å². The molecular formula is C31H35N3O6. The van der Waals surface area contributed by atoms with Crippen LogP contribution < -0.4 is 21.1 Å². The highest BCUT2D eigenvalue weighted by Gasteiger charge is 2.24. The number of carbonyl (C=O) groups excluding carboxylic acids is 3. The molecule has 210 valence electrons. The number of aliphatic hydroxyl groups is 1. The molecule has 0 aliphatic carbocycles. The monoisotopic (exact) mass is 545 g/mol. The quantitative estimate of drug-likeness (QED) is 0.122. The molecule has 0 saturated carbocycles. The van der Waals surface area contributed by atoms with Crippen molar-refractivity contribution in [1.82, 2.24) is 0 Å². The minimum Gasteiger partial charge on any atom is -0.491 e. The Kier molecular flexibility index (Phi) is 11.3. The zero-order valence-electron chi connectivity index (χ0n) is 22.6. The fourth-order valence-corrected chi connectivity index (χ4v) is 3.99. The van der Waals surface area contributed by atoms with E-state index in [0.29, 0.717) is 41.2 Å². The van der Waals surface area contributed by atoms with Crippen LogP contribution in [-0.4, -0.2) is 36.1 Å². The van der Waals surface area contributed by atoms with Crippen molar-refractivity contribution in [3.63, 3.8) is 0 Å². The Morgan fingerprint density at radius 2 is 1.75 bits per heavy atom. The Balaban J connectivity index is 1.67. The number of benzene rings is 3. The van der Waals surface area contributed by atoms with E-state index in [-0.39, 0.29) is 30.8 Å². The minimum atomic E-state index is -0.649. The third-order valence-corrected chi connectivity index (χ3v) is 6.11. The first-order valence-corrected chi connectivity index (χ1v) is 13.0. The number of amides is 2. The number of carbonyl (C=O) groups is 3. The maximum absolute atomic E-state index is 12.9. The summed E-state index contributed by atoms with van der Waals surface area (Å²) in [5.41, 5.74) is 8.67. The van der Waals surface area contributed by atoms with E-state index in [4.69, 9.17) is 20.3 Å². The average molecular weight is 546 g/mol. The summed E-state index contributed by atoms with van der Waals surface area (Å²) in [6.45, 7) is 3.45. The second kappa shape index (κ2) is 15.1. The standard InChI is InChI=1S/C31H35N3O6/c1-21(8-3-6-13-29(37)34-28-12-5-4-11-27(28)32)30(24-9-7-10-26(20-24)39-19-18-35)40-31(38)33-25-16-14-23(15-17-25)22(2)36/h4-7,9-17,20-21,30,35H,3,8,18-19,32H2,1-2H3,(H,33,38)(H,34,37)/b13-6+/t21-,30+/m1/s1. The highest BCUT2D eigenvalue weighted by Crippen LogP contribution is 2.32. The van der Waals surface area contributed by atoms with E-state index < -0.39 is 12.2 Å². The number of para-hydroxylation sites is 2. The molecule has 0 radical (unpaired) electrons. The summed E-state index contributed by atoms with van der Waals surface area (Å²) in [6.07, 6.45) is 3.12. The number of nitrogens with one attached hydrogen (secondary N) is 2. The number of ketones is 1. The van der Waals surface area contributed by atoms with Gasteiger partial charge in [-0.2, -0.15) is 0 Å². The van der Waals surface area contributed by atoms with Gasteiger partial charge in [-0.25, -0.2) is 4.79 Å². The molecule has 3 rings (SSSR count). The lowest BCUT2D eigenvalue weighted by Crippen LogP contribution is -2.22. The number of ether oxygens (including phenoxy) is 2. The Morgan fingerprint density at radius 3 is 2.45 bits per heavy atom. The SMILES string of the molecule is CC(=O)c1ccc(NC(=O)O[C@H](c2cccc(OCCO)c2)[C@H](C)CC/C=C/C(=O)Nc2ccccc2N)cc1. The summed E-state index contributed by atoms with van der Waals surface area (Å²) in [7, 11) is 0. The zero-order chi connectivity index (χ0) is 28.9. The molecule has 40 heavy (non-hydrogen) atoms. The van der Waals surface area contributed by atoms with Gasteiger partial charge in [0.05, 0.1) is 18.0 Å². The Hall–Kier alpha value is -4.63. The van der Waals surface area contributed by atoms with Gasteiger partial charge in [0.25, 0.3) is 0 Å². The highest BCUT2D eigenvalue weighted by molar-refractivity contribution is 6.01. The van der Waals surface area contributed by atoms with Gasteiger partial charge in [-0.3, -0.25) is 14.9 Å². The number of nitrogens with two attached hydrogens (primary N) is 1. The molecule has 0 aliphatic rings. The zero-order valence-corrected chi connectivity index (χ0v) is 22.6. The molecule has 2 atom stereocenters. The third-order valence-electron chi connectivity index (χ3n) is 6.11. The predicted octanol–water partition coefficient (Wildman–Crippen LogP) is 5.74. The van der Waals surface area contributed by atoms with Gasteiger partial charge in [0.15, 0.2) is 5.78 Å². The topological polar surface area (TPSA) is 140 Å². The number of anilines is 3. The maximum Gasteiger partial charge on any atom is 0.412 e. The minimum absolute atomic E-state index is 0.0676. The summed E-state index contributed by atoms with van der Waals surface area (Å²) in [4.78, 5) is 36.7. The summed E-state index contributed by atoms with van der Waals surface area (Å²) in [5, 5.41) is 14.6. The van der Waals surface area contributed by atoms with Gasteiger partial charge in [-0.15, -0.1) is 0 Å². The normalized spacial score (nSPS) is 12.4. The number of hydrogen-bond acceptors (Lipinski definition) is 7. The van der Waals surface area contributed by atoms with Crippen LogP contribution in [0.3, 0.4) is 0 Å². The van der Waals surface area contributed by atoms with Gasteiger partial charge < -0.3 is 25.6 Å². The number of rotatable bonds is 13. The Labute approximate surface area is 234 Å². The Bertz CT molecular complexity index is 1320. The molecule has 9 nitrogen and oxygen atoms in total. The van der Waals surface area contributed by atoms with Gasteiger partial charge in [-0.05, 0) is 85.9 Å². The number of hydrogen-bond donors (Lipinski definition) is 4. The largest absolute Gasteiger partial charge is 0.491 e. The van der Waals surface area contributed by atoms with E-state index in [1.807, 2.05) is 13.0 Å². The number of Topliss-reactive ketones (excluding diaryl/α,β-unsaturated/α-hetero) is 1. The van der Waals surface area contributed by atoms with E-state index in [2.05, 4.69) is 10.6 Å². The molecule has 0 saturated heterocycles. The molecule has 2 amide bonds. The van der Waals surface area contributed by atoms with E-state index >= 15 is 0 Å². The van der Waals surface area contributed by atoms with E-state index in [9.17, 15) is 14.4 Å². The van der Waals surface area contributed by atoms with Crippen molar-refractivity contribution < 1.29 is 29.0 Å². The highest BCUT2D eigenvalue weighted by atomic mass is 16.6. The molecule has 9 heteroatoms. The molecule has 0 spiro atoms. The molecule has 0 fully saturated rings. The first-order chi connectivity index (χ1) is 19.3. The molecule has 0 aliphatic heterocycles. The maximum atomic E-state index is 12.9. The summed E-state index contributed by atoms with van der Waals surface area (Å²) in [5.74, 6) is 0.0602. The van der Waals surface area contributed by atoms with Crippen LogP contribution >= 0.6 is 0 Å². The van der Waals surface area contributed by atoms with Crippen LogP contribution in [0.15, 0.2) is 84.9 Å². The smallest absolute Gasteiger partial charge is 0.412 e. The molecular weight excluding hydrogens is 510 g/mol. The Morgan fingerprint density at radius 1 is 1.00 bits per heavy atom. The molecule has 3 aromatic rings. The lowest BCUT2D eigenvalue weighted by Gasteiger charge is -2.25. The second-order valence-corrected chi connectivity index (χ2v) is 9.26. The molecule has 0 heterocycles. The fraction of sp³-hybridized carbons (Fsp3) is 0.258. The molecule has 0 aromatic heterocycles. The van der Waals surface area contributed by atoms with Crippen LogP contribution in [-0.2, 0) is 9.53 Å². The number of allylic oxidation sites excluding steroid dienone is 1. The lowest BCUT2D eigenvalue weighted by atomic mass is 9.93.